The van der Waals surface area contributed by atoms with Crippen molar-refractivity contribution in [1.29, 1.82) is 0 Å². The molecule has 0 saturated heterocycles. The predicted octanol–water partition coefficient (Wildman–Crippen LogP) is 2.25. The van der Waals surface area contributed by atoms with E-state index in [2.05, 4.69) is 20.7 Å². The molecule has 1 heterocycles. The normalized spacial score (nSPS) is 12.2. The molecular weight excluding hydrogens is 306 g/mol. The summed E-state index contributed by atoms with van der Waals surface area (Å²) in [7, 11) is 0. The van der Waals surface area contributed by atoms with Crippen LogP contribution in [-0.4, -0.2) is 38.6 Å². The van der Waals surface area contributed by atoms with Crippen molar-refractivity contribution in [1.82, 2.24) is 20.1 Å². The lowest BCUT2D eigenvalue weighted by Gasteiger charge is -2.20. The van der Waals surface area contributed by atoms with Gasteiger partial charge in [-0.25, -0.2) is 14.5 Å². The summed E-state index contributed by atoms with van der Waals surface area (Å²) >= 11 is 0. The zero-order valence-corrected chi connectivity index (χ0v) is 14.1. The Bertz CT molecular complexity index is 626. The van der Waals surface area contributed by atoms with E-state index in [0.717, 1.165) is 18.4 Å². The van der Waals surface area contributed by atoms with Crippen LogP contribution in [0.2, 0.25) is 0 Å². The van der Waals surface area contributed by atoms with Crippen LogP contribution in [0.5, 0.6) is 0 Å². The second-order valence-corrected chi connectivity index (χ2v) is 5.73. The molecule has 130 valence electrons. The topological polar surface area (TPSA) is 92.1 Å². The lowest BCUT2D eigenvalue weighted by Crippen LogP contribution is -2.38. The minimum absolute atomic E-state index is 0.199. The average Bonchev–Trinajstić information content (AvgIpc) is 3.09. The van der Waals surface area contributed by atoms with Gasteiger partial charge in [0.2, 0.25) is 0 Å². The molecule has 1 aromatic carbocycles. The molecule has 2 aromatic rings. The van der Waals surface area contributed by atoms with E-state index in [1.54, 1.807) is 11.0 Å². The number of amides is 2. The summed E-state index contributed by atoms with van der Waals surface area (Å²) in [5.74, 6) is 0.199. The van der Waals surface area contributed by atoms with Gasteiger partial charge in [0.25, 0.3) is 0 Å². The molecule has 0 radical (unpaired) electrons. The van der Waals surface area contributed by atoms with Crippen molar-refractivity contribution in [3.05, 3.63) is 42.5 Å². The van der Waals surface area contributed by atoms with Gasteiger partial charge in [0, 0.05) is 12.2 Å². The monoisotopic (exact) mass is 331 g/mol. The fourth-order valence-electron chi connectivity index (χ4n) is 2.63. The van der Waals surface area contributed by atoms with Crippen LogP contribution in [0.15, 0.2) is 36.9 Å². The molecule has 0 aliphatic rings. The Kier molecular flexibility index (Phi) is 6.74. The summed E-state index contributed by atoms with van der Waals surface area (Å²) in [6, 6.07) is 7.21. The largest absolute Gasteiger partial charge is 0.391 e. The molecule has 1 unspecified atom stereocenters. The van der Waals surface area contributed by atoms with Gasteiger partial charge in [-0.3, -0.25) is 0 Å². The molecule has 0 aliphatic heterocycles. The van der Waals surface area contributed by atoms with Crippen LogP contribution in [0.4, 0.5) is 10.5 Å². The van der Waals surface area contributed by atoms with Crippen LogP contribution in [0.3, 0.4) is 0 Å². The highest BCUT2D eigenvalue weighted by Crippen LogP contribution is 2.16. The molecule has 3 N–H and O–H groups in total. The van der Waals surface area contributed by atoms with Gasteiger partial charge < -0.3 is 15.7 Å². The third kappa shape index (κ3) is 5.06. The minimum atomic E-state index is -0.531. The van der Waals surface area contributed by atoms with E-state index in [0.29, 0.717) is 12.2 Å². The fraction of sp³-hybridized carbons (Fsp3) is 0.471. The number of carbonyl (C=O) groups excluding carboxylic acids is 1. The van der Waals surface area contributed by atoms with Gasteiger partial charge in [-0.1, -0.05) is 44.9 Å². The molecule has 0 saturated carbocycles. The SMILES string of the molecule is CCC(CC)C(O)CNC(=O)Nc1ccccc1Cn1cncn1. The molecule has 2 amide bonds. The first-order valence-electron chi connectivity index (χ1n) is 8.27. The number of carbonyl (C=O) groups is 1. The number of benzene rings is 1. The summed E-state index contributed by atoms with van der Waals surface area (Å²) in [4.78, 5) is 16.0. The van der Waals surface area contributed by atoms with E-state index in [9.17, 15) is 9.90 Å². The standard InChI is InChI=1S/C17H25N5O2/c1-3-13(4-2)16(23)9-19-17(24)21-15-8-6-5-7-14(15)10-22-12-18-11-20-22/h5-8,11-13,16,23H,3-4,9-10H2,1-2H3,(H2,19,21,24). The van der Waals surface area contributed by atoms with Gasteiger partial charge in [-0.15, -0.1) is 0 Å². The van der Waals surface area contributed by atoms with Crippen LogP contribution in [-0.2, 0) is 6.54 Å². The van der Waals surface area contributed by atoms with Gasteiger partial charge in [-0.05, 0) is 17.5 Å². The van der Waals surface area contributed by atoms with Gasteiger partial charge in [0.15, 0.2) is 0 Å². The van der Waals surface area contributed by atoms with Crippen LogP contribution < -0.4 is 10.6 Å². The molecule has 0 fully saturated rings. The van der Waals surface area contributed by atoms with Gasteiger partial charge >= 0.3 is 6.03 Å². The molecule has 0 aliphatic carbocycles. The lowest BCUT2D eigenvalue weighted by atomic mass is 9.97. The summed E-state index contributed by atoms with van der Waals surface area (Å²) in [6.07, 6.45) is 4.35. The van der Waals surface area contributed by atoms with E-state index in [1.165, 1.54) is 6.33 Å². The average molecular weight is 331 g/mol. The molecule has 1 atom stereocenters. The zero-order chi connectivity index (χ0) is 17.4. The molecular formula is C17H25N5O2. The van der Waals surface area contributed by atoms with Crippen molar-refractivity contribution in [3.63, 3.8) is 0 Å². The molecule has 1 aromatic heterocycles. The summed E-state index contributed by atoms with van der Waals surface area (Å²) in [5, 5.41) is 19.7. The number of rotatable bonds is 8. The summed E-state index contributed by atoms with van der Waals surface area (Å²) in [5.41, 5.74) is 1.64. The Morgan fingerprint density at radius 1 is 1.29 bits per heavy atom. The van der Waals surface area contributed by atoms with E-state index in [1.807, 2.05) is 38.1 Å². The Morgan fingerprint density at radius 2 is 2.04 bits per heavy atom. The maximum Gasteiger partial charge on any atom is 0.319 e. The van der Waals surface area contributed by atoms with Gasteiger partial charge in [-0.2, -0.15) is 5.10 Å². The predicted molar refractivity (Wildman–Crippen MR) is 92.7 cm³/mol. The van der Waals surface area contributed by atoms with Crippen LogP contribution in [0.25, 0.3) is 0 Å². The van der Waals surface area contributed by atoms with Crippen molar-refractivity contribution in [2.45, 2.75) is 39.3 Å². The number of urea groups is 1. The molecule has 2 rings (SSSR count). The fourth-order valence-corrected chi connectivity index (χ4v) is 2.63. The Labute approximate surface area is 142 Å². The second-order valence-electron chi connectivity index (χ2n) is 5.73. The number of aliphatic hydroxyl groups is 1. The first-order chi connectivity index (χ1) is 11.6. The van der Waals surface area contributed by atoms with Crippen molar-refractivity contribution in [2.24, 2.45) is 5.92 Å². The van der Waals surface area contributed by atoms with Crippen LogP contribution in [0.1, 0.15) is 32.3 Å². The Balaban J connectivity index is 1.92. The quantitative estimate of drug-likeness (QED) is 0.692. The highest BCUT2D eigenvalue weighted by atomic mass is 16.3. The number of aliphatic hydroxyl groups excluding tert-OH is 1. The van der Waals surface area contributed by atoms with Gasteiger partial charge in [0.1, 0.15) is 12.7 Å². The highest BCUT2D eigenvalue weighted by Gasteiger charge is 2.16. The number of hydrogen-bond donors (Lipinski definition) is 3. The minimum Gasteiger partial charge on any atom is -0.391 e. The molecule has 0 bridgehead atoms. The number of nitrogens with one attached hydrogen (secondary N) is 2. The van der Waals surface area contributed by atoms with Crippen molar-refractivity contribution < 1.29 is 9.90 Å². The third-order valence-corrected chi connectivity index (χ3v) is 4.13. The number of hydrogen-bond acceptors (Lipinski definition) is 4. The Hall–Kier alpha value is -2.41. The molecule has 7 nitrogen and oxygen atoms in total. The molecule has 7 heteroatoms. The third-order valence-electron chi connectivity index (χ3n) is 4.13. The zero-order valence-electron chi connectivity index (χ0n) is 14.1. The summed E-state index contributed by atoms with van der Waals surface area (Å²) < 4.78 is 1.69. The van der Waals surface area contributed by atoms with Gasteiger partial charge in [0.05, 0.1) is 12.6 Å². The van der Waals surface area contributed by atoms with E-state index >= 15 is 0 Å². The van der Waals surface area contributed by atoms with Crippen molar-refractivity contribution in [2.75, 3.05) is 11.9 Å². The first-order valence-corrected chi connectivity index (χ1v) is 8.27. The lowest BCUT2D eigenvalue weighted by molar-refractivity contribution is 0.104. The van der Waals surface area contributed by atoms with E-state index in [4.69, 9.17) is 0 Å². The number of aromatic nitrogens is 3. The van der Waals surface area contributed by atoms with Crippen molar-refractivity contribution in [3.8, 4) is 0 Å². The smallest absolute Gasteiger partial charge is 0.319 e. The maximum absolute atomic E-state index is 12.1. The first kappa shape index (κ1) is 17.9. The Morgan fingerprint density at radius 3 is 2.71 bits per heavy atom. The van der Waals surface area contributed by atoms with E-state index in [-0.39, 0.29) is 18.5 Å². The number of para-hydroxylation sites is 1. The maximum atomic E-state index is 12.1. The highest BCUT2D eigenvalue weighted by molar-refractivity contribution is 5.90. The van der Waals surface area contributed by atoms with Crippen LogP contribution in [0, 0.1) is 5.92 Å². The molecule has 0 spiro atoms. The second kappa shape index (κ2) is 9.02. The van der Waals surface area contributed by atoms with Crippen LogP contribution >= 0.6 is 0 Å². The number of anilines is 1. The molecule has 24 heavy (non-hydrogen) atoms. The van der Waals surface area contributed by atoms with E-state index < -0.39 is 6.10 Å². The number of nitrogens with zero attached hydrogens (tertiary/aromatic N) is 3. The van der Waals surface area contributed by atoms with Crippen molar-refractivity contribution >= 4 is 11.7 Å². The summed E-state index contributed by atoms with van der Waals surface area (Å²) in [6.45, 7) is 4.84.